The van der Waals surface area contributed by atoms with Crippen molar-refractivity contribution >= 4 is 0 Å². The van der Waals surface area contributed by atoms with Crippen molar-refractivity contribution in [3.05, 3.63) is 0 Å². The Kier molecular flexibility index (Phi) is 4.16. The zero-order valence-electron chi connectivity index (χ0n) is 8.88. The summed E-state index contributed by atoms with van der Waals surface area (Å²) in [4.78, 5) is 2.40. The maximum absolute atomic E-state index is 6.18. The highest BCUT2D eigenvalue weighted by atomic mass is 16.5. The lowest BCUT2D eigenvalue weighted by atomic mass is 9.97. The van der Waals surface area contributed by atoms with Crippen LogP contribution in [0.1, 0.15) is 26.7 Å². The molecule has 1 aliphatic rings. The molecule has 0 spiro atoms. The summed E-state index contributed by atoms with van der Waals surface area (Å²) in [6.07, 6.45) is 2.27. The summed E-state index contributed by atoms with van der Waals surface area (Å²) in [6, 6.07) is 0. The van der Waals surface area contributed by atoms with Crippen molar-refractivity contribution < 1.29 is 4.74 Å². The molecule has 1 atom stereocenters. The van der Waals surface area contributed by atoms with E-state index in [9.17, 15) is 0 Å². The van der Waals surface area contributed by atoms with Crippen LogP contribution < -0.4 is 5.73 Å². The lowest BCUT2D eigenvalue weighted by Gasteiger charge is -2.34. The topological polar surface area (TPSA) is 38.5 Å². The standard InChI is InChI=1S/C10H22N2O/c1-3-4-10(2,11)9-12-5-7-13-8-6-12/h3-9,11H2,1-2H3. The van der Waals surface area contributed by atoms with Crippen molar-refractivity contribution in [2.45, 2.75) is 32.2 Å². The van der Waals surface area contributed by atoms with Crippen LogP contribution in [0.4, 0.5) is 0 Å². The van der Waals surface area contributed by atoms with Crippen LogP contribution in [0.15, 0.2) is 0 Å². The molecule has 0 radical (unpaired) electrons. The minimum atomic E-state index is -0.0217. The van der Waals surface area contributed by atoms with Gasteiger partial charge in [0.05, 0.1) is 13.2 Å². The summed E-state index contributed by atoms with van der Waals surface area (Å²) in [5.74, 6) is 0. The van der Waals surface area contributed by atoms with Crippen LogP contribution in [0.3, 0.4) is 0 Å². The van der Waals surface area contributed by atoms with E-state index in [1.54, 1.807) is 0 Å². The van der Waals surface area contributed by atoms with Crippen LogP contribution >= 0.6 is 0 Å². The lowest BCUT2D eigenvalue weighted by molar-refractivity contribution is 0.0282. The van der Waals surface area contributed by atoms with E-state index in [1.165, 1.54) is 0 Å². The van der Waals surface area contributed by atoms with Gasteiger partial charge in [0.25, 0.3) is 0 Å². The molecule has 3 nitrogen and oxygen atoms in total. The number of rotatable bonds is 4. The van der Waals surface area contributed by atoms with Crippen molar-refractivity contribution in [1.29, 1.82) is 0 Å². The summed E-state index contributed by atoms with van der Waals surface area (Å²) in [7, 11) is 0. The largest absolute Gasteiger partial charge is 0.379 e. The van der Waals surface area contributed by atoms with Gasteiger partial charge in [0.2, 0.25) is 0 Å². The number of ether oxygens (including phenoxy) is 1. The molecule has 2 N–H and O–H groups in total. The highest BCUT2D eigenvalue weighted by Crippen LogP contribution is 2.11. The van der Waals surface area contributed by atoms with Gasteiger partial charge in [0.15, 0.2) is 0 Å². The Morgan fingerprint density at radius 2 is 2.00 bits per heavy atom. The van der Waals surface area contributed by atoms with E-state index >= 15 is 0 Å². The van der Waals surface area contributed by atoms with Gasteiger partial charge < -0.3 is 10.5 Å². The van der Waals surface area contributed by atoms with Crippen LogP contribution in [0.25, 0.3) is 0 Å². The molecular weight excluding hydrogens is 164 g/mol. The van der Waals surface area contributed by atoms with Gasteiger partial charge in [-0.25, -0.2) is 0 Å². The van der Waals surface area contributed by atoms with Gasteiger partial charge in [0.1, 0.15) is 0 Å². The van der Waals surface area contributed by atoms with Crippen LogP contribution in [-0.4, -0.2) is 43.3 Å². The fraction of sp³-hybridized carbons (Fsp3) is 1.00. The smallest absolute Gasteiger partial charge is 0.0594 e. The van der Waals surface area contributed by atoms with E-state index in [-0.39, 0.29) is 5.54 Å². The quantitative estimate of drug-likeness (QED) is 0.707. The second kappa shape index (κ2) is 4.94. The van der Waals surface area contributed by atoms with Gasteiger partial charge >= 0.3 is 0 Å². The molecule has 1 unspecified atom stereocenters. The third-order valence-corrected chi connectivity index (χ3v) is 2.51. The maximum Gasteiger partial charge on any atom is 0.0594 e. The minimum Gasteiger partial charge on any atom is -0.379 e. The molecule has 0 aliphatic carbocycles. The summed E-state index contributed by atoms with van der Waals surface area (Å²) in [6.45, 7) is 9.14. The maximum atomic E-state index is 6.18. The highest BCUT2D eigenvalue weighted by molar-refractivity contribution is 4.82. The molecule has 0 aromatic heterocycles. The number of hydrogen-bond donors (Lipinski definition) is 1. The molecule has 13 heavy (non-hydrogen) atoms. The first-order chi connectivity index (χ1) is 6.14. The Bertz CT molecular complexity index is 142. The predicted octanol–water partition coefficient (Wildman–Crippen LogP) is 0.836. The van der Waals surface area contributed by atoms with Crippen molar-refractivity contribution in [2.24, 2.45) is 5.73 Å². The summed E-state index contributed by atoms with van der Waals surface area (Å²) >= 11 is 0. The van der Waals surface area contributed by atoms with Gasteiger partial charge in [-0.2, -0.15) is 0 Å². The Labute approximate surface area is 81.2 Å². The average Bonchev–Trinajstić information content (AvgIpc) is 2.04. The molecule has 1 heterocycles. The Morgan fingerprint density at radius 3 is 2.54 bits per heavy atom. The monoisotopic (exact) mass is 186 g/mol. The van der Waals surface area contributed by atoms with Crippen LogP contribution in [-0.2, 0) is 4.74 Å². The van der Waals surface area contributed by atoms with Crippen LogP contribution in [0.2, 0.25) is 0 Å². The molecule has 1 aliphatic heterocycles. The van der Waals surface area contributed by atoms with Crippen molar-refractivity contribution in [3.8, 4) is 0 Å². The fourth-order valence-electron chi connectivity index (χ4n) is 1.92. The zero-order valence-corrected chi connectivity index (χ0v) is 8.88. The van der Waals surface area contributed by atoms with Gasteiger partial charge in [-0.3, -0.25) is 4.90 Å². The van der Waals surface area contributed by atoms with Gasteiger partial charge in [-0.05, 0) is 13.3 Å². The van der Waals surface area contributed by atoms with E-state index in [1.807, 2.05) is 0 Å². The van der Waals surface area contributed by atoms with Crippen molar-refractivity contribution in [1.82, 2.24) is 4.90 Å². The van der Waals surface area contributed by atoms with E-state index in [0.717, 1.165) is 45.7 Å². The predicted molar refractivity (Wildman–Crippen MR) is 54.8 cm³/mol. The van der Waals surface area contributed by atoms with Gasteiger partial charge in [-0.1, -0.05) is 13.3 Å². The summed E-state index contributed by atoms with van der Waals surface area (Å²) in [5, 5.41) is 0. The first kappa shape index (κ1) is 11.0. The minimum absolute atomic E-state index is 0.0217. The SMILES string of the molecule is CCCC(C)(N)CN1CCOCC1. The van der Waals surface area contributed by atoms with Crippen LogP contribution in [0.5, 0.6) is 0 Å². The molecule has 3 heteroatoms. The summed E-state index contributed by atoms with van der Waals surface area (Å²) in [5.41, 5.74) is 6.15. The summed E-state index contributed by atoms with van der Waals surface area (Å²) < 4.78 is 5.29. The van der Waals surface area contributed by atoms with Crippen molar-refractivity contribution in [2.75, 3.05) is 32.8 Å². The van der Waals surface area contributed by atoms with Gasteiger partial charge in [0, 0.05) is 25.2 Å². The second-order valence-electron chi connectivity index (χ2n) is 4.29. The molecular formula is C10H22N2O. The molecule has 78 valence electrons. The lowest BCUT2D eigenvalue weighted by Crippen LogP contribution is -2.50. The number of nitrogens with zero attached hydrogens (tertiary/aromatic N) is 1. The second-order valence-corrected chi connectivity index (χ2v) is 4.29. The molecule has 0 aromatic carbocycles. The first-order valence-electron chi connectivity index (χ1n) is 5.23. The Hall–Kier alpha value is -0.120. The van der Waals surface area contributed by atoms with Crippen molar-refractivity contribution in [3.63, 3.8) is 0 Å². The number of hydrogen-bond acceptors (Lipinski definition) is 3. The molecule has 0 saturated carbocycles. The third kappa shape index (κ3) is 4.07. The average molecular weight is 186 g/mol. The molecule has 0 bridgehead atoms. The molecule has 1 saturated heterocycles. The van der Waals surface area contributed by atoms with Crippen LogP contribution in [0, 0.1) is 0 Å². The van der Waals surface area contributed by atoms with E-state index in [4.69, 9.17) is 10.5 Å². The molecule has 0 amide bonds. The number of morpholine rings is 1. The molecule has 1 rings (SSSR count). The van der Waals surface area contributed by atoms with E-state index in [0.29, 0.717) is 0 Å². The zero-order chi connectivity index (χ0) is 9.73. The third-order valence-electron chi connectivity index (χ3n) is 2.51. The number of nitrogens with two attached hydrogens (primary N) is 1. The Balaban J connectivity index is 2.28. The molecule has 0 aromatic rings. The normalized spacial score (nSPS) is 24.2. The molecule has 1 fully saturated rings. The van der Waals surface area contributed by atoms with E-state index in [2.05, 4.69) is 18.7 Å². The van der Waals surface area contributed by atoms with E-state index < -0.39 is 0 Å². The fourth-order valence-corrected chi connectivity index (χ4v) is 1.92. The first-order valence-corrected chi connectivity index (χ1v) is 5.23. The Morgan fingerprint density at radius 1 is 1.38 bits per heavy atom. The highest BCUT2D eigenvalue weighted by Gasteiger charge is 2.22. The van der Waals surface area contributed by atoms with Gasteiger partial charge in [-0.15, -0.1) is 0 Å².